The quantitative estimate of drug-likeness (QED) is 0.765. The largest absolute Gasteiger partial charge is 0.348 e. The van der Waals surface area contributed by atoms with E-state index in [-0.39, 0.29) is 11.9 Å². The second kappa shape index (κ2) is 7.32. The predicted molar refractivity (Wildman–Crippen MR) is 95.3 cm³/mol. The van der Waals surface area contributed by atoms with Crippen molar-refractivity contribution in [1.29, 1.82) is 0 Å². The Morgan fingerprint density at radius 2 is 1.96 bits per heavy atom. The number of hydrogen-bond donors (Lipinski definition) is 1. The average molecular weight is 340 g/mol. The van der Waals surface area contributed by atoms with Crippen LogP contribution in [0.5, 0.6) is 0 Å². The summed E-state index contributed by atoms with van der Waals surface area (Å²) in [5.74, 6) is -0.0398. The molecule has 0 spiro atoms. The van der Waals surface area contributed by atoms with Crippen LogP contribution in [0.15, 0.2) is 67.0 Å². The summed E-state index contributed by atoms with van der Waals surface area (Å²) in [5, 5.41) is 3.68. The highest BCUT2D eigenvalue weighted by Crippen LogP contribution is 2.17. The highest BCUT2D eigenvalue weighted by Gasteiger charge is 2.13. The highest BCUT2D eigenvalue weighted by molar-refractivity contribution is 6.30. The van der Waals surface area contributed by atoms with Crippen molar-refractivity contribution in [1.82, 2.24) is 14.9 Å². The van der Waals surface area contributed by atoms with Crippen molar-refractivity contribution < 1.29 is 4.79 Å². The van der Waals surface area contributed by atoms with Gasteiger partial charge in [-0.15, -0.1) is 0 Å². The monoisotopic (exact) mass is 339 g/mol. The third-order valence-electron chi connectivity index (χ3n) is 3.79. The van der Waals surface area contributed by atoms with Crippen LogP contribution in [0.4, 0.5) is 0 Å². The first-order valence-corrected chi connectivity index (χ1v) is 8.14. The molecule has 3 rings (SSSR count). The fourth-order valence-corrected chi connectivity index (χ4v) is 2.70. The van der Waals surface area contributed by atoms with Gasteiger partial charge in [0.15, 0.2) is 0 Å². The van der Waals surface area contributed by atoms with Crippen LogP contribution in [0.2, 0.25) is 5.02 Å². The first kappa shape index (κ1) is 16.3. The summed E-state index contributed by atoms with van der Waals surface area (Å²) in [4.78, 5) is 16.6. The molecule has 1 unspecified atom stereocenters. The average Bonchev–Trinajstić information content (AvgIpc) is 3.04. The number of aromatic nitrogens is 2. The predicted octanol–water partition coefficient (Wildman–Crippen LogP) is 3.95. The maximum atomic E-state index is 12.4. The van der Waals surface area contributed by atoms with Crippen LogP contribution >= 0.6 is 11.6 Å². The molecule has 0 bridgehead atoms. The topological polar surface area (TPSA) is 46.9 Å². The van der Waals surface area contributed by atoms with Gasteiger partial charge in [0, 0.05) is 28.8 Å². The minimum Gasteiger partial charge on any atom is -0.348 e. The number of hydrogen-bond acceptors (Lipinski definition) is 2. The van der Waals surface area contributed by atoms with Crippen molar-refractivity contribution in [2.24, 2.45) is 0 Å². The molecule has 0 aliphatic carbocycles. The molecule has 1 aromatic carbocycles. The number of nitrogens with one attached hydrogen (secondary N) is 1. The van der Waals surface area contributed by atoms with Gasteiger partial charge in [0.1, 0.15) is 0 Å². The Kier molecular flexibility index (Phi) is 4.96. The number of carbonyl (C=O) groups is 1. The number of amides is 1. The molecule has 122 valence electrons. The lowest BCUT2D eigenvalue weighted by Crippen LogP contribution is -2.29. The van der Waals surface area contributed by atoms with E-state index in [1.165, 1.54) is 0 Å². The highest BCUT2D eigenvalue weighted by atomic mass is 35.5. The zero-order valence-corrected chi connectivity index (χ0v) is 14.1. The van der Waals surface area contributed by atoms with E-state index in [1.807, 2.05) is 72.3 Å². The molecule has 2 heterocycles. The summed E-state index contributed by atoms with van der Waals surface area (Å²) < 4.78 is 1.99. The first-order valence-electron chi connectivity index (χ1n) is 7.76. The van der Waals surface area contributed by atoms with Crippen molar-refractivity contribution in [2.75, 3.05) is 0 Å². The lowest BCUT2D eigenvalue weighted by Gasteiger charge is -2.14. The third kappa shape index (κ3) is 3.84. The summed E-state index contributed by atoms with van der Waals surface area (Å²) in [6.45, 7) is 1.93. The molecule has 4 nitrogen and oxygen atoms in total. The van der Waals surface area contributed by atoms with Crippen LogP contribution in [0.3, 0.4) is 0 Å². The van der Waals surface area contributed by atoms with Gasteiger partial charge in [-0.3, -0.25) is 9.78 Å². The van der Waals surface area contributed by atoms with E-state index >= 15 is 0 Å². The van der Waals surface area contributed by atoms with Gasteiger partial charge in [0.2, 0.25) is 5.91 Å². The van der Waals surface area contributed by atoms with Crippen LogP contribution in [0, 0.1) is 0 Å². The Hall–Kier alpha value is -2.59. The Morgan fingerprint density at radius 3 is 2.67 bits per heavy atom. The minimum atomic E-state index is -0.127. The molecule has 0 saturated carbocycles. The number of benzene rings is 1. The maximum absolute atomic E-state index is 12.4. The van der Waals surface area contributed by atoms with Crippen molar-refractivity contribution in [3.8, 4) is 5.69 Å². The van der Waals surface area contributed by atoms with Gasteiger partial charge in [0.05, 0.1) is 18.2 Å². The Labute approximate surface area is 146 Å². The lowest BCUT2D eigenvalue weighted by atomic mass is 10.2. The van der Waals surface area contributed by atoms with Crippen molar-refractivity contribution >= 4 is 17.5 Å². The van der Waals surface area contributed by atoms with Gasteiger partial charge in [-0.2, -0.15) is 0 Å². The molecule has 0 aliphatic rings. The van der Waals surface area contributed by atoms with E-state index in [1.54, 1.807) is 6.20 Å². The zero-order valence-electron chi connectivity index (χ0n) is 13.3. The third-order valence-corrected chi connectivity index (χ3v) is 4.04. The first-order chi connectivity index (χ1) is 11.6. The number of halogens is 1. The fraction of sp³-hybridized carbons (Fsp3) is 0.158. The molecular formula is C19H18ClN3O. The number of nitrogens with zero attached hydrogens (tertiary/aromatic N) is 2. The van der Waals surface area contributed by atoms with Crippen LogP contribution in [-0.2, 0) is 11.2 Å². The molecule has 2 aromatic heterocycles. The van der Waals surface area contributed by atoms with E-state index in [0.29, 0.717) is 11.4 Å². The van der Waals surface area contributed by atoms with Crippen LogP contribution in [-0.4, -0.2) is 15.5 Å². The van der Waals surface area contributed by atoms with Gasteiger partial charge in [-0.05, 0) is 55.5 Å². The second-order valence-corrected chi connectivity index (χ2v) is 6.00. The zero-order chi connectivity index (χ0) is 16.9. The summed E-state index contributed by atoms with van der Waals surface area (Å²) in [7, 11) is 0. The van der Waals surface area contributed by atoms with Gasteiger partial charge in [-0.1, -0.05) is 17.7 Å². The Bertz CT molecular complexity index is 812. The Morgan fingerprint density at radius 1 is 1.17 bits per heavy atom. The summed E-state index contributed by atoms with van der Waals surface area (Å²) in [5.41, 5.74) is 2.74. The van der Waals surface area contributed by atoms with Gasteiger partial charge >= 0.3 is 0 Å². The molecular weight excluding hydrogens is 322 g/mol. The standard InChI is InChI=1S/C19H18ClN3O/c1-14(18-6-2-3-11-21-18)22-19(24)13-17-5-4-12-23(17)16-9-7-15(20)8-10-16/h2-12,14H,13H2,1H3,(H,22,24). The van der Waals surface area contributed by atoms with E-state index in [9.17, 15) is 4.79 Å². The van der Waals surface area contributed by atoms with Crippen molar-refractivity contribution in [3.05, 3.63) is 83.4 Å². The second-order valence-electron chi connectivity index (χ2n) is 5.57. The SMILES string of the molecule is CC(NC(=O)Cc1cccn1-c1ccc(Cl)cc1)c1ccccn1. The van der Waals surface area contributed by atoms with Gasteiger partial charge in [0.25, 0.3) is 0 Å². The molecule has 1 N–H and O–H groups in total. The fourth-order valence-electron chi connectivity index (χ4n) is 2.58. The number of pyridine rings is 1. The van der Waals surface area contributed by atoms with E-state index < -0.39 is 0 Å². The maximum Gasteiger partial charge on any atom is 0.226 e. The number of rotatable bonds is 5. The van der Waals surface area contributed by atoms with Crippen LogP contribution in [0.25, 0.3) is 5.69 Å². The molecule has 24 heavy (non-hydrogen) atoms. The molecule has 0 saturated heterocycles. The van der Waals surface area contributed by atoms with Gasteiger partial charge in [-0.25, -0.2) is 0 Å². The van der Waals surface area contributed by atoms with Crippen molar-refractivity contribution in [2.45, 2.75) is 19.4 Å². The van der Waals surface area contributed by atoms with E-state index in [0.717, 1.165) is 17.1 Å². The molecule has 1 amide bonds. The van der Waals surface area contributed by atoms with Crippen LogP contribution in [0.1, 0.15) is 24.4 Å². The summed E-state index contributed by atoms with van der Waals surface area (Å²) >= 11 is 5.93. The smallest absolute Gasteiger partial charge is 0.226 e. The summed E-state index contributed by atoms with van der Waals surface area (Å²) in [6.07, 6.45) is 3.96. The number of carbonyl (C=O) groups excluding carboxylic acids is 1. The molecule has 3 aromatic rings. The molecule has 0 aliphatic heterocycles. The summed E-state index contributed by atoms with van der Waals surface area (Å²) in [6, 6.07) is 17.0. The van der Waals surface area contributed by atoms with E-state index in [4.69, 9.17) is 11.6 Å². The molecule has 5 heteroatoms. The molecule has 0 radical (unpaired) electrons. The lowest BCUT2D eigenvalue weighted by molar-refractivity contribution is -0.121. The Balaban J connectivity index is 1.69. The molecule has 1 atom stereocenters. The minimum absolute atomic E-state index is 0.0398. The van der Waals surface area contributed by atoms with Crippen LogP contribution < -0.4 is 5.32 Å². The van der Waals surface area contributed by atoms with Crippen molar-refractivity contribution in [3.63, 3.8) is 0 Å². The molecule has 0 fully saturated rings. The van der Waals surface area contributed by atoms with E-state index in [2.05, 4.69) is 10.3 Å². The normalized spacial score (nSPS) is 11.9. The van der Waals surface area contributed by atoms with Gasteiger partial charge < -0.3 is 9.88 Å².